The van der Waals surface area contributed by atoms with Gasteiger partial charge < -0.3 is 9.84 Å². The minimum Gasteiger partial charge on any atom is -0.480 e. The average molecular weight is 305 g/mol. The zero-order chi connectivity index (χ0) is 16.6. The SMILES string of the molecule is C=CCCC(C)(C(=O)O)N(CC)C(=O)OCc1ccccc1. The number of hydrogen-bond acceptors (Lipinski definition) is 3. The Labute approximate surface area is 131 Å². The first-order chi connectivity index (χ1) is 10.5. The molecule has 120 valence electrons. The van der Waals surface area contributed by atoms with Gasteiger partial charge in [0.2, 0.25) is 0 Å². The molecule has 0 aliphatic carbocycles. The molecular weight excluding hydrogens is 282 g/mol. The predicted octanol–water partition coefficient (Wildman–Crippen LogP) is 3.45. The number of hydrogen-bond donors (Lipinski definition) is 1. The first kappa shape index (κ1) is 17.8. The molecule has 1 aromatic carbocycles. The second-order valence-electron chi connectivity index (χ2n) is 5.19. The van der Waals surface area contributed by atoms with Crippen LogP contribution in [-0.2, 0) is 16.1 Å². The molecule has 22 heavy (non-hydrogen) atoms. The smallest absolute Gasteiger partial charge is 0.411 e. The number of carbonyl (C=O) groups excluding carboxylic acids is 1. The summed E-state index contributed by atoms with van der Waals surface area (Å²) in [6, 6.07) is 9.27. The summed E-state index contributed by atoms with van der Waals surface area (Å²) in [6.45, 7) is 7.25. The number of aliphatic carboxylic acids is 1. The van der Waals surface area contributed by atoms with Gasteiger partial charge in [0.25, 0.3) is 0 Å². The fraction of sp³-hybridized carbons (Fsp3) is 0.412. The lowest BCUT2D eigenvalue weighted by Crippen LogP contribution is -2.55. The van der Waals surface area contributed by atoms with E-state index in [1.165, 1.54) is 11.8 Å². The van der Waals surface area contributed by atoms with Gasteiger partial charge in [-0.05, 0) is 32.3 Å². The van der Waals surface area contributed by atoms with Crippen molar-refractivity contribution in [1.82, 2.24) is 4.90 Å². The highest BCUT2D eigenvalue weighted by Gasteiger charge is 2.41. The molecule has 0 radical (unpaired) electrons. The van der Waals surface area contributed by atoms with E-state index in [9.17, 15) is 14.7 Å². The molecule has 1 amide bonds. The summed E-state index contributed by atoms with van der Waals surface area (Å²) in [7, 11) is 0. The van der Waals surface area contributed by atoms with Crippen LogP contribution in [0.2, 0.25) is 0 Å². The Morgan fingerprint density at radius 1 is 1.36 bits per heavy atom. The van der Waals surface area contributed by atoms with E-state index in [-0.39, 0.29) is 13.2 Å². The fourth-order valence-corrected chi connectivity index (χ4v) is 2.22. The van der Waals surface area contributed by atoms with Crippen molar-refractivity contribution < 1.29 is 19.4 Å². The van der Waals surface area contributed by atoms with Crippen molar-refractivity contribution in [2.75, 3.05) is 6.54 Å². The summed E-state index contributed by atoms with van der Waals surface area (Å²) in [5.41, 5.74) is -0.452. The van der Waals surface area contributed by atoms with Crippen LogP contribution in [0.3, 0.4) is 0 Å². The van der Waals surface area contributed by atoms with Gasteiger partial charge in [0.05, 0.1) is 0 Å². The lowest BCUT2D eigenvalue weighted by atomic mass is 9.94. The van der Waals surface area contributed by atoms with Gasteiger partial charge in [0, 0.05) is 6.54 Å². The van der Waals surface area contributed by atoms with Crippen LogP contribution in [0.25, 0.3) is 0 Å². The molecular formula is C17H23NO4. The molecule has 0 aromatic heterocycles. The molecule has 0 saturated heterocycles. The second-order valence-corrected chi connectivity index (χ2v) is 5.19. The Bertz CT molecular complexity index is 515. The van der Waals surface area contributed by atoms with Gasteiger partial charge in [-0.3, -0.25) is 4.90 Å². The van der Waals surface area contributed by atoms with Gasteiger partial charge in [0.1, 0.15) is 12.1 Å². The van der Waals surface area contributed by atoms with E-state index in [2.05, 4.69) is 6.58 Å². The molecule has 1 unspecified atom stereocenters. The van der Waals surface area contributed by atoms with E-state index >= 15 is 0 Å². The number of rotatable bonds is 8. The van der Waals surface area contributed by atoms with E-state index in [1.807, 2.05) is 30.3 Å². The zero-order valence-corrected chi connectivity index (χ0v) is 13.1. The van der Waals surface area contributed by atoms with Crippen LogP contribution < -0.4 is 0 Å². The Kier molecular flexibility index (Phi) is 6.63. The highest BCUT2D eigenvalue weighted by molar-refractivity contribution is 5.84. The maximum Gasteiger partial charge on any atom is 0.411 e. The molecule has 0 fully saturated rings. The first-order valence-electron chi connectivity index (χ1n) is 7.28. The van der Waals surface area contributed by atoms with Gasteiger partial charge in [-0.1, -0.05) is 36.4 Å². The van der Waals surface area contributed by atoms with Crippen LogP contribution in [0.4, 0.5) is 4.79 Å². The van der Waals surface area contributed by atoms with Gasteiger partial charge >= 0.3 is 12.1 Å². The number of likely N-dealkylation sites (N-methyl/N-ethyl adjacent to an activating group) is 1. The van der Waals surface area contributed by atoms with Crippen molar-refractivity contribution in [3.63, 3.8) is 0 Å². The number of carboxylic acid groups (broad SMARTS) is 1. The van der Waals surface area contributed by atoms with Crippen LogP contribution in [0, 0.1) is 0 Å². The van der Waals surface area contributed by atoms with E-state index in [0.717, 1.165) is 5.56 Å². The number of nitrogens with zero attached hydrogens (tertiary/aromatic N) is 1. The fourth-order valence-electron chi connectivity index (χ4n) is 2.22. The van der Waals surface area contributed by atoms with E-state index in [0.29, 0.717) is 12.8 Å². The third-order valence-electron chi connectivity index (χ3n) is 3.63. The summed E-state index contributed by atoms with van der Waals surface area (Å²) >= 11 is 0. The third kappa shape index (κ3) is 4.35. The molecule has 0 aliphatic rings. The average Bonchev–Trinajstić information content (AvgIpc) is 2.52. The third-order valence-corrected chi connectivity index (χ3v) is 3.63. The summed E-state index contributed by atoms with van der Waals surface area (Å²) in [5.74, 6) is -1.05. The molecule has 0 bridgehead atoms. The number of allylic oxidation sites excluding steroid dienone is 1. The van der Waals surface area contributed by atoms with Crippen molar-refractivity contribution in [2.45, 2.75) is 38.8 Å². The highest BCUT2D eigenvalue weighted by atomic mass is 16.6. The number of amides is 1. The van der Waals surface area contributed by atoms with Crippen LogP contribution in [-0.4, -0.2) is 34.2 Å². The summed E-state index contributed by atoms with van der Waals surface area (Å²) in [5, 5.41) is 9.51. The Morgan fingerprint density at radius 2 is 2.00 bits per heavy atom. The van der Waals surface area contributed by atoms with E-state index < -0.39 is 17.6 Å². The standard InChI is InChI=1S/C17H23NO4/c1-4-6-12-17(3,15(19)20)18(5-2)16(21)22-13-14-10-8-7-9-11-14/h4,7-11H,1,5-6,12-13H2,2-3H3,(H,19,20). The quantitative estimate of drug-likeness (QED) is 0.747. The predicted molar refractivity (Wildman–Crippen MR) is 84.5 cm³/mol. The molecule has 5 nitrogen and oxygen atoms in total. The summed E-state index contributed by atoms with van der Waals surface area (Å²) < 4.78 is 5.26. The zero-order valence-electron chi connectivity index (χ0n) is 13.1. The van der Waals surface area contributed by atoms with Crippen LogP contribution in [0.15, 0.2) is 43.0 Å². The topological polar surface area (TPSA) is 66.8 Å². The van der Waals surface area contributed by atoms with Crippen molar-refractivity contribution in [1.29, 1.82) is 0 Å². The number of benzene rings is 1. The molecule has 0 heterocycles. The molecule has 0 saturated carbocycles. The van der Waals surface area contributed by atoms with Crippen molar-refractivity contribution in [2.24, 2.45) is 0 Å². The number of ether oxygens (including phenoxy) is 1. The molecule has 0 aliphatic heterocycles. The monoisotopic (exact) mass is 305 g/mol. The Balaban J connectivity index is 2.80. The molecule has 1 rings (SSSR count). The van der Waals surface area contributed by atoms with Crippen LogP contribution in [0.1, 0.15) is 32.3 Å². The molecule has 0 spiro atoms. The second kappa shape index (κ2) is 8.22. The van der Waals surface area contributed by atoms with Crippen molar-refractivity contribution in [3.8, 4) is 0 Å². The molecule has 1 aromatic rings. The number of carboxylic acids is 1. The van der Waals surface area contributed by atoms with Gasteiger partial charge in [-0.15, -0.1) is 6.58 Å². The molecule has 1 atom stereocenters. The minimum absolute atomic E-state index is 0.118. The molecule has 1 N–H and O–H groups in total. The largest absolute Gasteiger partial charge is 0.480 e. The molecule has 5 heteroatoms. The highest BCUT2D eigenvalue weighted by Crippen LogP contribution is 2.23. The van der Waals surface area contributed by atoms with Gasteiger partial charge in [-0.2, -0.15) is 0 Å². The Hall–Kier alpha value is -2.30. The lowest BCUT2D eigenvalue weighted by Gasteiger charge is -2.36. The maximum absolute atomic E-state index is 12.3. The summed E-state index contributed by atoms with van der Waals surface area (Å²) in [4.78, 5) is 25.2. The maximum atomic E-state index is 12.3. The van der Waals surface area contributed by atoms with Crippen molar-refractivity contribution in [3.05, 3.63) is 48.6 Å². The van der Waals surface area contributed by atoms with Gasteiger partial charge in [0.15, 0.2) is 0 Å². The lowest BCUT2D eigenvalue weighted by molar-refractivity contribution is -0.150. The van der Waals surface area contributed by atoms with Crippen molar-refractivity contribution >= 4 is 12.1 Å². The normalized spacial score (nSPS) is 13.0. The number of carbonyl (C=O) groups is 2. The van der Waals surface area contributed by atoms with E-state index in [1.54, 1.807) is 13.0 Å². The first-order valence-corrected chi connectivity index (χ1v) is 7.28. The summed E-state index contributed by atoms with van der Waals surface area (Å²) in [6.07, 6.45) is 1.82. The van der Waals surface area contributed by atoms with Crippen LogP contribution >= 0.6 is 0 Å². The van der Waals surface area contributed by atoms with Gasteiger partial charge in [-0.25, -0.2) is 9.59 Å². The van der Waals surface area contributed by atoms with E-state index in [4.69, 9.17) is 4.74 Å². The minimum atomic E-state index is -1.31. The Morgan fingerprint density at radius 3 is 2.50 bits per heavy atom. The van der Waals surface area contributed by atoms with Crippen LogP contribution in [0.5, 0.6) is 0 Å².